The van der Waals surface area contributed by atoms with Crippen LogP contribution >= 0.6 is 15.9 Å². The van der Waals surface area contributed by atoms with Crippen molar-refractivity contribution in [1.82, 2.24) is 0 Å². The number of hydrogen-bond donors (Lipinski definition) is 0. The lowest BCUT2D eigenvalue weighted by Crippen LogP contribution is -1.99. The van der Waals surface area contributed by atoms with Gasteiger partial charge in [0.05, 0.1) is 7.11 Å². The van der Waals surface area contributed by atoms with Crippen LogP contribution in [0.15, 0.2) is 46.9 Å². The fourth-order valence-electron chi connectivity index (χ4n) is 1.53. The molecular formula is C14H12BrFO2. The average molecular weight is 311 g/mol. The van der Waals surface area contributed by atoms with Gasteiger partial charge in [-0.3, -0.25) is 0 Å². The molecule has 0 saturated heterocycles. The Morgan fingerprint density at radius 1 is 1.11 bits per heavy atom. The minimum absolute atomic E-state index is 0.166. The van der Waals surface area contributed by atoms with Crippen molar-refractivity contribution in [3.8, 4) is 11.5 Å². The molecule has 2 aromatic rings. The highest BCUT2D eigenvalue weighted by molar-refractivity contribution is 9.10. The predicted octanol–water partition coefficient (Wildman–Crippen LogP) is 4.18. The minimum Gasteiger partial charge on any atom is -0.493 e. The van der Waals surface area contributed by atoms with Crippen molar-refractivity contribution in [2.24, 2.45) is 0 Å². The molecule has 0 bridgehead atoms. The van der Waals surface area contributed by atoms with Crippen LogP contribution in [0, 0.1) is 5.82 Å². The normalized spacial score (nSPS) is 10.2. The van der Waals surface area contributed by atoms with Gasteiger partial charge in [-0.25, -0.2) is 4.39 Å². The molecule has 0 aromatic heterocycles. The lowest BCUT2D eigenvalue weighted by molar-refractivity contribution is 0.279. The van der Waals surface area contributed by atoms with Gasteiger partial charge >= 0.3 is 0 Å². The summed E-state index contributed by atoms with van der Waals surface area (Å²) in [6.45, 7) is 0.166. The van der Waals surface area contributed by atoms with Gasteiger partial charge in [-0.2, -0.15) is 0 Å². The summed E-state index contributed by atoms with van der Waals surface area (Å²) < 4.78 is 25.0. The molecule has 94 valence electrons. The number of benzene rings is 2. The first-order valence-electron chi connectivity index (χ1n) is 5.40. The molecule has 0 saturated carbocycles. The van der Waals surface area contributed by atoms with Gasteiger partial charge in [-0.05, 0) is 24.3 Å². The van der Waals surface area contributed by atoms with E-state index >= 15 is 0 Å². The van der Waals surface area contributed by atoms with Crippen LogP contribution in [0.1, 0.15) is 5.56 Å². The van der Waals surface area contributed by atoms with Crippen molar-refractivity contribution in [2.45, 2.75) is 6.61 Å². The zero-order valence-electron chi connectivity index (χ0n) is 9.82. The average Bonchev–Trinajstić information content (AvgIpc) is 2.38. The fraction of sp³-hybridized carbons (Fsp3) is 0.143. The van der Waals surface area contributed by atoms with Crippen LogP contribution in [0.3, 0.4) is 0 Å². The Morgan fingerprint density at radius 3 is 2.50 bits per heavy atom. The molecule has 0 atom stereocenters. The van der Waals surface area contributed by atoms with Gasteiger partial charge in [-0.15, -0.1) is 0 Å². The Morgan fingerprint density at radius 2 is 1.83 bits per heavy atom. The largest absolute Gasteiger partial charge is 0.493 e. The molecule has 2 rings (SSSR count). The van der Waals surface area contributed by atoms with Crippen molar-refractivity contribution in [3.63, 3.8) is 0 Å². The van der Waals surface area contributed by atoms with Gasteiger partial charge in [0.15, 0.2) is 11.5 Å². The first-order valence-corrected chi connectivity index (χ1v) is 6.20. The number of methoxy groups -OCH3 is 1. The maximum atomic E-state index is 13.6. The molecule has 0 unspecified atom stereocenters. The van der Waals surface area contributed by atoms with E-state index < -0.39 is 0 Å². The van der Waals surface area contributed by atoms with Gasteiger partial charge in [-0.1, -0.05) is 34.1 Å². The summed E-state index contributed by atoms with van der Waals surface area (Å²) in [5, 5.41) is 0. The number of hydrogen-bond acceptors (Lipinski definition) is 2. The Bertz CT molecular complexity index is 543. The molecule has 2 aromatic carbocycles. The van der Waals surface area contributed by atoms with Crippen LogP contribution in [-0.2, 0) is 6.61 Å². The van der Waals surface area contributed by atoms with Crippen LogP contribution in [0.5, 0.6) is 11.5 Å². The summed E-state index contributed by atoms with van der Waals surface area (Å²) in [7, 11) is 1.57. The molecule has 0 aliphatic carbocycles. The number of ether oxygens (including phenoxy) is 2. The molecule has 0 fully saturated rings. The van der Waals surface area contributed by atoms with Gasteiger partial charge in [0, 0.05) is 10.0 Å². The smallest absolute Gasteiger partial charge is 0.161 e. The third kappa shape index (κ3) is 3.01. The fourth-order valence-corrected chi connectivity index (χ4v) is 1.87. The van der Waals surface area contributed by atoms with Crippen LogP contribution in [-0.4, -0.2) is 7.11 Å². The zero-order chi connectivity index (χ0) is 13.0. The third-order valence-electron chi connectivity index (χ3n) is 2.47. The van der Waals surface area contributed by atoms with E-state index in [4.69, 9.17) is 9.47 Å². The summed E-state index contributed by atoms with van der Waals surface area (Å²) in [4.78, 5) is 0. The molecule has 0 amide bonds. The second-order valence-corrected chi connectivity index (χ2v) is 4.59. The van der Waals surface area contributed by atoms with Crippen molar-refractivity contribution in [3.05, 3.63) is 58.3 Å². The van der Waals surface area contributed by atoms with E-state index in [-0.39, 0.29) is 12.4 Å². The maximum Gasteiger partial charge on any atom is 0.161 e. The highest BCUT2D eigenvalue weighted by atomic mass is 79.9. The molecule has 0 heterocycles. The maximum absolute atomic E-state index is 13.6. The van der Waals surface area contributed by atoms with E-state index in [1.54, 1.807) is 31.4 Å². The molecule has 0 radical (unpaired) electrons. The standard InChI is InChI=1S/C14H12BrFO2/c1-17-13-4-2-3-5-14(13)18-9-10-6-7-11(15)8-12(10)16/h2-8H,9H2,1H3. The molecule has 4 heteroatoms. The third-order valence-corrected chi connectivity index (χ3v) is 2.96. The minimum atomic E-state index is -0.292. The quantitative estimate of drug-likeness (QED) is 0.843. The Balaban J connectivity index is 2.11. The van der Waals surface area contributed by atoms with Crippen molar-refractivity contribution >= 4 is 15.9 Å². The summed E-state index contributed by atoms with van der Waals surface area (Å²) in [5.74, 6) is 0.941. The molecule has 0 aliphatic rings. The molecule has 0 N–H and O–H groups in total. The van der Waals surface area contributed by atoms with E-state index in [1.165, 1.54) is 6.07 Å². The topological polar surface area (TPSA) is 18.5 Å². The first-order chi connectivity index (χ1) is 8.70. The van der Waals surface area contributed by atoms with E-state index in [9.17, 15) is 4.39 Å². The monoisotopic (exact) mass is 310 g/mol. The van der Waals surface area contributed by atoms with E-state index in [0.717, 1.165) is 0 Å². The predicted molar refractivity (Wildman–Crippen MR) is 71.4 cm³/mol. The van der Waals surface area contributed by atoms with Gasteiger partial charge < -0.3 is 9.47 Å². The summed E-state index contributed by atoms with van der Waals surface area (Å²) in [5.41, 5.74) is 0.504. The van der Waals surface area contributed by atoms with Crippen molar-refractivity contribution < 1.29 is 13.9 Å². The number of halogens is 2. The second-order valence-electron chi connectivity index (χ2n) is 3.68. The second kappa shape index (κ2) is 5.87. The lowest BCUT2D eigenvalue weighted by Gasteiger charge is -2.10. The van der Waals surface area contributed by atoms with E-state index in [1.807, 2.05) is 12.1 Å². The molecule has 2 nitrogen and oxygen atoms in total. The van der Waals surface area contributed by atoms with Gasteiger partial charge in [0.2, 0.25) is 0 Å². The Hall–Kier alpha value is -1.55. The molecule has 18 heavy (non-hydrogen) atoms. The molecule has 0 spiro atoms. The molecule has 0 aliphatic heterocycles. The number of para-hydroxylation sites is 2. The highest BCUT2D eigenvalue weighted by Crippen LogP contribution is 2.27. The summed E-state index contributed by atoms with van der Waals surface area (Å²) >= 11 is 3.21. The zero-order valence-corrected chi connectivity index (χ0v) is 11.4. The van der Waals surface area contributed by atoms with Crippen LogP contribution in [0.2, 0.25) is 0 Å². The van der Waals surface area contributed by atoms with Crippen LogP contribution in [0.4, 0.5) is 4.39 Å². The van der Waals surface area contributed by atoms with Crippen molar-refractivity contribution in [2.75, 3.05) is 7.11 Å². The first kappa shape index (κ1) is 12.9. The van der Waals surface area contributed by atoms with E-state index in [0.29, 0.717) is 21.5 Å². The summed E-state index contributed by atoms with van der Waals surface area (Å²) in [6.07, 6.45) is 0. The van der Waals surface area contributed by atoms with Gasteiger partial charge in [0.25, 0.3) is 0 Å². The number of rotatable bonds is 4. The van der Waals surface area contributed by atoms with Crippen LogP contribution < -0.4 is 9.47 Å². The molecular weight excluding hydrogens is 299 g/mol. The van der Waals surface area contributed by atoms with Gasteiger partial charge in [0.1, 0.15) is 12.4 Å². The lowest BCUT2D eigenvalue weighted by atomic mass is 10.2. The van der Waals surface area contributed by atoms with E-state index in [2.05, 4.69) is 15.9 Å². The van der Waals surface area contributed by atoms with Crippen molar-refractivity contribution in [1.29, 1.82) is 0 Å². The Labute approximate surface area is 113 Å². The SMILES string of the molecule is COc1ccccc1OCc1ccc(Br)cc1F. The highest BCUT2D eigenvalue weighted by Gasteiger charge is 2.06. The Kier molecular flexibility index (Phi) is 4.20. The summed E-state index contributed by atoms with van der Waals surface area (Å²) in [6, 6.07) is 12.2. The van der Waals surface area contributed by atoms with Crippen LogP contribution in [0.25, 0.3) is 0 Å².